The molecule has 1 rings (SSSR count). The zero-order chi connectivity index (χ0) is 18.5. The number of unbranched alkanes of at least 4 members (excludes halogenated alkanes) is 1. The summed E-state index contributed by atoms with van der Waals surface area (Å²) in [6.45, 7) is 6.32. The van der Waals surface area contributed by atoms with Crippen molar-refractivity contribution in [3.8, 4) is 0 Å². The Bertz CT molecular complexity index is 519. The quantitative estimate of drug-likeness (QED) is 0.284. The number of rotatable bonds is 12. The van der Waals surface area contributed by atoms with E-state index in [1.807, 2.05) is 0 Å². The number of hydrogen-bond acceptors (Lipinski definition) is 5. The molecule has 142 valence electrons. The van der Waals surface area contributed by atoms with E-state index in [0.29, 0.717) is 19.1 Å². The monoisotopic (exact) mass is 391 g/mol. The highest BCUT2D eigenvalue weighted by atomic mass is 35.5. The van der Waals surface area contributed by atoms with E-state index < -0.39 is 0 Å². The Kier molecular flexibility index (Phi) is 11.3. The first-order valence-electron chi connectivity index (χ1n) is 8.62. The second kappa shape index (κ2) is 13.0. The molecule has 0 spiro atoms. The smallest absolute Gasteiger partial charge is 0.333 e. The lowest BCUT2D eigenvalue weighted by Crippen LogP contribution is -2.40. The standard InChI is InChI=1S/C16H27Cl2N5O2/c1-3-5-7-12(4-2)10-25-9-6-8-19-16(24)23-22-15-13(17)14(18)20-11-21-15/h11-12H,3-10H2,1-2H3,(H2,19,23,24)(H,20,21,22). The summed E-state index contributed by atoms with van der Waals surface area (Å²) in [4.78, 5) is 19.3. The molecule has 3 N–H and O–H groups in total. The molecule has 0 saturated heterocycles. The summed E-state index contributed by atoms with van der Waals surface area (Å²) in [6, 6.07) is -0.389. The molecule has 1 atom stereocenters. The minimum absolute atomic E-state index is 0.114. The minimum atomic E-state index is -0.389. The van der Waals surface area contributed by atoms with Crippen LogP contribution in [0.2, 0.25) is 10.2 Å². The highest BCUT2D eigenvalue weighted by molar-refractivity contribution is 6.42. The van der Waals surface area contributed by atoms with Gasteiger partial charge in [0.1, 0.15) is 11.3 Å². The van der Waals surface area contributed by atoms with E-state index in [9.17, 15) is 4.79 Å². The third-order valence-corrected chi connectivity index (χ3v) is 4.43. The molecular formula is C16H27Cl2N5O2. The van der Waals surface area contributed by atoms with Crippen molar-refractivity contribution in [2.45, 2.75) is 46.0 Å². The largest absolute Gasteiger partial charge is 0.381 e. The molecule has 0 aliphatic rings. The van der Waals surface area contributed by atoms with Crippen molar-refractivity contribution >= 4 is 35.1 Å². The summed E-state index contributed by atoms with van der Waals surface area (Å²) in [5.41, 5.74) is 5.02. The number of aromatic nitrogens is 2. The van der Waals surface area contributed by atoms with Gasteiger partial charge in [-0.15, -0.1) is 0 Å². The van der Waals surface area contributed by atoms with Gasteiger partial charge in [-0.1, -0.05) is 56.3 Å². The fraction of sp³-hybridized carbons (Fsp3) is 0.688. The van der Waals surface area contributed by atoms with Crippen LogP contribution in [-0.2, 0) is 4.74 Å². The van der Waals surface area contributed by atoms with Crippen molar-refractivity contribution in [1.29, 1.82) is 0 Å². The van der Waals surface area contributed by atoms with E-state index in [1.54, 1.807) is 0 Å². The van der Waals surface area contributed by atoms with Crippen molar-refractivity contribution < 1.29 is 9.53 Å². The number of hydrogen-bond donors (Lipinski definition) is 3. The van der Waals surface area contributed by atoms with Crippen molar-refractivity contribution in [2.75, 3.05) is 25.2 Å². The normalized spacial score (nSPS) is 11.8. The molecule has 1 heterocycles. The first kappa shape index (κ1) is 21.7. The maximum Gasteiger partial charge on any atom is 0.333 e. The van der Waals surface area contributed by atoms with Crippen molar-refractivity contribution in [3.05, 3.63) is 16.5 Å². The topological polar surface area (TPSA) is 88.2 Å². The van der Waals surface area contributed by atoms with E-state index in [0.717, 1.165) is 19.4 Å². The zero-order valence-electron chi connectivity index (χ0n) is 14.8. The molecule has 1 unspecified atom stereocenters. The van der Waals surface area contributed by atoms with Crippen LogP contribution in [0, 0.1) is 5.92 Å². The summed E-state index contributed by atoms with van der Waals surface area (Å²) in [7, 11) is 0. The summed E-state index contributed by atoms with van der Waals surface area (Å²) in [5.74, 6) is 0.864. The number of anilines is 1. The maximum absolute atomic E-state index is 11.7. The molecule has 1 aromatic rings. The molecule has 0 aliphatic heterocycles. The van der Waals surface area contributed by atoms with Gasteiger partial charge in [0.25, 0.3) is 0 Å². The SMILES string of the molecule is CCCCC(CC)COCCCNC(=O)NNc1ncnc(Cl)c1Cl. The predicted octanol–water partition coefficient (Wildman–Crippen LogP) is 4.03. The fourth-order valence-electron chi connectivity index (χ4n) is 2.12. The van der Waals surface area contributed by atoms with E-state index in [1.165, 1.54) is 25.6 Å². The van der Waals surface area contributed by atoms with Gasteiger partial charge in [-0.05, 0) is 18.8 Å². The number of ether oxygens (including phenoxy) is 1. The molecule has 0 aliphatic carbocycles. The Morgan fingerprint density at radius 1 is 1.28 bits per heavy atom. The third-order valence-electron chi connectivity index (χ3n) is 3.69. The van der Waals surface area contributed by atoms with E-state index in [2.05, 4.69) is 40.0 Å². The Hall–Kier alpha value is -1.31. The van der Waals surface area contributed by atoms with E-state index in [4.69, 9.17) is 27.9 Å². The maximum atomic E-state index is 11.7. The Morgan fingerprint density at radius 3 is 2.80 bits per heavy atom. The van der Waals surface area contributed by atoms with Crippen LogP contribution in [0.15, 0.2) is 6.33 Å². The third kappa shape index (κ3) is 9.09. The van der Waals surface area contributed by atoms with Crippen LogP contribution in [0.4, 0.5) is 10.6 Å². The molecule has 0 aromatic carbocycles. The van der Waals surface area contributed by atoms with E-state index >= 15 is 0 Å². The average Bonchev–Trinajstić information content (AvgIpc) is 2.61. The van der Waals surface area contributed by atoms with Crippen molar-refractivity contribution in [3.63, 3.8) is 0 Å². The molecule has 7 nitrogen and oxygen atoms in total. The lowest BCUT2D eigenvalue weighted by molar-refractivity contribution is 0.0924. The van der Waals surface area contributed by atoms with Crippen molar-refractivity contribution in [2.24, 2.45) is 5.92 Å². The molecule has 9 heteroatoms. The van der Waals surface area contributed by atoms with Gasteiger partial charge in [-0.2, -0.15) is 0 Å². The molecule has 2 amide bonds. The van der Waals surface area contributed by atoms with Gasteiger partial charge in [0, 0.05) is 19.8 Å². The number of carbonyl (C=O) groups is 1. The predicted molar refractivity (Wildman–Crippen MR) is 101 cm³/mol. The minimum Gasteiger partial charge on any atom is -0.381 e. The number of halogens is 2. The average molecular weight is 392 g/mol. The molecule has 25 heavy (non-hydrogen) atoms. The van der Waals surface area contributed by atoms with Crippen LogP contribution in [0.3, 0.4) is 0 Å². The number of hydrazine groups is 1. The lowest BCUT2D eigenvalue weighted by Gasteiger charge is -2.14. The van der Waals surface area contributed by atoms with Crippen LogP contribution in [-0.4, -0.2) is 35.8 Å². The van der Waals surface area contributed by atoms with Crippen LogP contribution in [0.25, 0.3) is 0 Å². The second-order valence-electron chi connectivity index (χ2n) is 5.68. The van der Waals surface area contributed by atoms with Crippen LogP contribution in [0.1, 0.15) is 46.0 Å². The van der Waals surface area contributed by atoms with Gasteiger partial charge in [0.2, 0.25) is 0 Å². The summed E-state index contributed by atoms with van der Waals surface area (Å²) >= 11 is 11.7. The highest BCUT2D eigenvalue weighted by Gasteiger charge is 2.08. The van der Waals surface area contributed by atoms with Gasteiger partial charge in [-0.3, -0.25) is 10.9 Å². The van der Waals surface area contributed by atoms with Crippen LogP contribution in [0.5, 0.6) is 0 Å². The molecule has 0 fully saturated rings. The van der Waals surface area contributed by atoms with E-state index in [-0.39, 0.29) is 22.0 Å². The Balaban J connectivity index is 2.10. The number of urea groups is 1. The lowest BCUT2D eigenvalue weighted by atomic mass is 10.0. The molecule has 0 saturated carbocycles. The number of amides is 2. The first-order valence-corrected chi connectivity index (χ1v) is 9.37. The first-order chi connectivity index (χ1) is 12.1. The van der Waals surface area contributed by atoms with Gasteiger partial charge in [0.05, 0.1) is 0 Å². The van der Waals surface area contributed by atoms with Crippen LogP contribution >= 0.6 is 23.2 Å². The molecule has 0 radical (unpaired) electrons. The zero-order valence-corrected chi connectivity index (χ0v) is 16.3. The summed E-state index contributed by atoms with van der Waals surface area (Å²) < 4.78 is 5.69. The van der Waals surface area contributed by atoms with Gasteiger partial charge < -0.3 is 10.1 Å². The molecule has 1 aromatic heterocycles. The number of nitrogens with one attached hydrogen (secondary N) is 3. The second-order valence-corrected chi connectivity index (χ2v) is 6.41. The highest BCUT2D eigenvalue weighted by Crippen LogP contribution is 2.24. The molecule has 0 bridgehead atoms. The summed E-state index contributed by atoms with van der Waals surface area (Å²) in [5, 5.41) is 2.97. The molecular weight excluding hydrogens is 365 g/mol. The Labute approximate surface area is 159 Å². The van der Waals surface area contributed by atoms with Crippen molar-refractivity contribution in [1.82, 2.24) is 20.7 Å². The fourth-order valence-corrected chi connectivity index (χ4v) is 2.40. The van der Waals surface area contributed by atoms with Gasteiger partial charge in [0.15, 0.2) is 11.0 Å². The van der Waals surface area contributed by atoms with Crippen LogP contribution < -0.4 is 16.2 Å². The van der Waals surface area contributed by atoms with Gasteiger partial charge in [-0.25, -0.2) is 14.8 Å². The summed E-state index contributed by atoms with van der Waals surface area (Å²) in [6.07, 6.45) is 6.82. The number of carbonyl (C=O) groups excluding carboxylic acids is 1. The Morgan fingerprint density at radius 2 is 2.08 bits per heavy atom. The number of nitrogens with zero attached hydrogens (tertiary/aromatic N) is 2. The van der Waals surface area contributed by atoms with Gasteiger partial charge >= 0.3 is 6.03 Å².